The molecule has 0 unspecified atom stereocenters. The van der Waals surface area contributed by atoms with Gasteiger partial charge in [-0.3, -0.25) is 9.59 Å². The van der Waals surface area contributed by atoms with E-state index in [1.54, 1.807) is 11.0 Å². The first-order valence-corrected chi connectivity index (χ1v) is 9.75. The molecule has 1 saturated heterocycles. The number of carbonyl (C=O) groups excluding carboxylic acids is 2. The Morgan fingerprint density at radius 3 is 2.34 bits per heavy atom. The second-order valence-electron chi connectivity index (χ2n) is 6.97. The number of nitrogens with zero attached hydrogens (tertiary/aromatic N) is 1. The van der Waals surface area contributed by atoms with Crippen LogP contribution in [0.5, 0.6) is 0 Å². The van der Waals surface area contributed by atoms with Gasteiger partial charge < -0.3 is 10.2 Å². The van der Waals surface area contributed by atoms with Crippen molar-refractivity contribution in [3.63, 3.8) is 0 Å². The van der Waals surface area contributed by atoms with Gasteiger partial charge in [0.05, 0.1) is 0 Å². The molecule has 0 aromatic heterocycles. The number of para-hydroxylation sites is 1. The highest BCUT2D eigenvalue weighted by atomic mass is 16.2. The van der Waals surface area contributed by atoms with Crippen LogP contribution >= 0.6 is 0 Å². The monoisotopic (exact) mass is 382 g/mol. The molecule has 0 atom stereocenters. The maximum absolute atomic E-state index is 12.4. The maximum Gasteiger partial charge on any atom is 0.248 e. The highest BCUT2D eigenvalue weighted by Crippen LogP contribution is 2.27. The fourth-order valence-electron chi connectivity index (χ4n) is 3.49. The molecule has 0 bridgehead atoms. The topological polar surface area (TPSA) is 49.4 Å². The molecule has 0 spiro atoms. The minimum absolute atomic E-state index is 0.171. The molecule has 4 rings (SSSR count). The summed E-state index contributed by atoms with van der Waals surface area (Å²) in [4.78, 5) is 26.1. The summed E-state index contributed by atoms with van der Waals surface area (Å²) in [5.41, 5.74) is 4.63. The first kappa shape index (κ1) is 18.7. The van der Waals surface area contributed by atoms with Crippen LogP contribution in [0.2, 0.25) is 0 Å². The molecule has 3 aromatic rings. The summed E-state index contributed by atoms with van der Waals surface area (Å²) < 4.78 is 0. The van der Waals surface area contributed by atoms with E-state index < -0.39 is 0 Å². The van der Waals surface area contributed by atoms with Crippen LogP contribution in [-0.4, -0.2) is 18.4 Å². The van der Waals surface area contributed by atoms with Crippen molar-refractivity contribution in [2.24, 2.45) is 0 Å². The molecule has 1 fully saturated rings. The Morgan fingerprint density at radius 1 is 0.897 bits per heavy atom. The zero-order valence-electron chi connectivity index (χ0n) is 16.0. The fraction of sp³-hybridized carbons (Fsp3) is 0.120. The van der Waals surface area contributed by atoms with Gasteiger partial charge in [-0.1, -0.05) is 60.7 Å². The number of amides is 2. The number of anilines is 2. The second kappa shape index (κ2) is 8.57. The lowest BCUT2D eigenvalue weighted by molar-refractivity contribution is -0.117. The van der Waals surface area contributed by atoms with E-state index in [2.05, 4.69) is 5.32 Å². The van der Waals surface area contributed by atoms with Crippen molar-refractivity contribution >= 4 is 29.3 Å². The van der Waals surface area contributed by atoms with E-state index in [9.17, 15) is 9.59 Å². The molecule has 1 aliphatic rings. The Labute approximate surface area is 170 Å². The summed E-state index contributed by atoms with van der Waals surface area (Å²) in [6.07, 6.45) is 4.82. The largest absolute Gasteiger partial charge is 0.322 e. The van der Waals surface area contributed by atoms with Gasteiger partial charge in [-0.2, -0.15) is 0 Å². The van der Waals surface area contributed by atoms with E-state index in [0.717, 1.165) is 41.0 Å². The third-order valence-electron chi connectivity index (χ3n) is 4.98. The Hall–Kier alpha value is -3.66. The van der Waals surface area contributed by atoms with Gasteiger partial charge in [0.2, 0.25) is 11.8 Å². The second-order valence-corrected chi connectivity index (χ2v) is 6.97. The molecule has 4 nitrogen and oxygen atoms in total. The summed E-state index contributed by atoms with van der Waals surface area (Å²) in [5, 5.41) is 2.96. The van der Waals surface area contributed by atoms with E-state index in [-0.39, 0.29) is 11.8 Å². The molecule has 1 N–H and O–H groups in total. The summed E-state index contributed by atoms with van der Waals surface area (Å²) in [6, 6.07) is 25.4. The lowest BCUT2D eigenvalue weighted by Gasteiger charge is -2.15. The average molecular weight is 382 g/mol. The predicted molar refractivity (Wildman–Crippen MR) is 118 cm³/mol. The van der Waals surface area contributed by atoms with E-state index in [1.807, 2.05) is 78.9 Å². The zero-order valence-corrected chi connectivity index (χ0v) is 16.0. The molecule has 29 heavy (non-hydrogen) atoms. The Morgan fingerprint density at radius 2 is 1.62 bits per heavy atom. The number of benzene rings is 3. The lowest BCUT2D eigenvalue weighted by Crippen LogP contribution is -2.23. The van der Waals surface area contributed by atoms with Gasteiger partial charge in [-0.25, -0.2) is 0 Å². The molecule has 0 radical (unpaired) electrons. The van der Waals surface area contributed by atoms with Crippen molar-refractivity contribution in [3.05, 3.63) is 90.5 Å². The highest BCUT2D eigenvalue weighted by Gasteiger charge is 2.21. The van der Waals surface area contributed by atoms with Crippen molar-refractivity contribution in [1.82, 2.24) is 0 Å². The van der Waals surface area contributed by atoms with Crippen LogP contribution in [0, 0.1) is 0 Å². The van der Waals surface area contributed by atoms with Gasteiger partial charge in [0.15, 0.2) is 0 Å². The van der Waals surface area contributed by atoms with E-state index >= 15 is 0 Å². The Kier molecular flexibility index (Phi) is 5.52. The number of nitrogens with one attached hydrogen (secondary N) is 1. The number of hydrogen-bond donors (Lipinski definition) is 1. The van der Waals surface area contributed by atoms with Gasteiger partial charge in [0.1, 0.15) is 0 Å². The number of carbonyl (C=O) groups is 2. The average Bonchev–Trinajstić information content (AvgIpc) is 3.19. The summed E-state index contributed by atoms with van der Waals surface area (Å²) in [6.45, 7) is 0.775. The van der Waals surface area contributed by atoms with Crippen LogP contribution in [-0.2, 0) is 9.59 Å². The van der Waals surface area contributed by atoms with Crippen molar-refractivity contribution in [2.45, 2.75) is 12.8 Å². The first-order valence-electron chi connectivity index (χ1n) is 9.75. The minimum Gasteiger partial charge on any atom is -0.322 e. The molecule has 2 amide bonds. The molecule has 1 aliphatic heterocycles. The summed E-state index contributed by atoms with van der Waals surface area (Å²) in [5.74, 6) is -0.0167. The van der Waals surface area contributed by atoms with Crippen molar-refractivity contribution in [3.8, 4) is 11.1 Å². The van der Waals surface area contributed by atoms with Crippen LogP contribution < -0.4 is 10.2 Å². The molecule has 0 aliphatic carbocycles. The van der Waals surface area contributed by atoms with Crippen LogP contribution in [0.4, 0.5) is 11.4 Å². The maximum atomic E-state index is 12.4. The molecule has 3 aromatic carbocycles. The Bertz CT molecular complexity index is 1040. The van der Waals surface area contributed by atoms with Gasteiger partial charge in [0.25, 0.3) is 0 Å². The zero-order chi connectivity index (χ0) is 20.1. The van der Waals surface area contributed by atoms with Crippen molar-refractivity contribution in [2.75, 3.05) is 16.8 Å². The first-order chi connectivity index (χ1) is 14.2. The molecule has 0 saturated carbocycles. The van der Waals surface area contributed by atoms with Gasteiger partial charge >= 0.3 is 0 Å². The Balaban J connectivity index is 1.44. The number of hydrogen-bond acceptors (Lipinski definition) is 2. The van der Waals surface area contributed by atoms with Gasteiger partial charge in [-0.15, -0.1) is 0 Å². The molecule has 1 heterocycles. The highest BCUT2D eigenvalue weighted by molar-refractivity contribution is 6.04. The van der Waals surface area contributed by atoms with Crippen LogP contribution in [0.15, 0.2) is 84.9 Å². The fourth-order valence-corrected chi connectivity index (χ4v) is 3.49. The normalized spacial score (nSPS) is 13.8. The molecule has 144 valence electrons. The van der Waals surface area contributed by atoms with Crippen molar-refractivity contribution in [1.29, 1.82) is 0 Å². The smallest absolute Gasteiger partial charge is 0.248 e. The third kappa shape index (κ3) is 4.43. The van der Waals surface area contributed by atoms with Crippen LogP contribution in [0.1, 0.15) is 18.4 Å². The summed E-state index contributed by atoms with van der Waals surface area (Å²) in [7, 11) is 0. The predicted octanol–water partition coefficient (Wildman–Crippen LogP) is 5.13. The third-order valence-corrected chi connectivity index (χ3v) is 4.98. The van der Waals surface area contributed by atoms with E-state index in [1.165, 1.54) is 6.08 Å². The minimum atomic E-state index is -0.188. The lowest BCUT2D eigenvalue weighted by atomic mass is 10.0. The standard InChI is InChI=1S/C25H22N2O2/c28-24(26-23-10-5-4-9-22(23)20-7-2-1-3-8-20)17-14-19-12-15-21(16-13-19)27-18-6-11-25(27)29/h1-5,7-10,12-17H,6,11,18H2,(H,26,28)/b17-14+. The van der Waals surface area contributed by atoms with E-state index in [0.29, 0.717) is 6.42 Å². The quantitative estimate of drug-likeness (QED) is 0.622. The summed E-state index contributed by atoms with van der Waals surface area (Å²) >= 11 is 0. The van der Waals surface area contributed by atoms with E-state index in [4.69, 9.17) is 0 Å². The SMILES string of the molecule is O=C(/C=C/c1ccc(N2CCCC2=O)cc1)Nc1ccccc1-c1ccccc1. The molecular formula is C25H22N2O2. The van der Waals surface area contributed by atoms with Crippen LogP contribution in [0.3, 0.4) is 0 Å². The van der Waals surface area contributed by atoms with Gasteiger partial charge in [-0.05, 0) is 41.8 Å². The molecular weight excluding hydrogens is 360 g/mol. The molecule has 4 heteroatoms. The van der Waals surface area contributed by atoms with Gasteiger partial charge in [0, 0.05) is 36.0 Å². The number of rotatable bonds is 5. The van der Waals surface area contributed by atoms with Crippen LogP contribution in [0.25, 0.3) is 17.2 Å². The van der Waals surface area contributed by atoms with Crippen molar-refractivity contribution < 1.29 is 9.59 Å².